The number of carboxylic acid groups (broad SMARTS) is 1. The number of hydrogen-bond acceptors (Lipinski definition) is 14. The Morgan fingerprint density at radius 1 is 0.986 bits per heavy atom. The van der Waals surface area contributed by atoms with Gasteiger partial charge in [0, 0.05) is 40.2 Å². The topological polar surface area (TPSA) is 293 Å². The van der Waals surface area contributed by atoms with Crippen LogP contribution >= 0.6 is 19.6 Å². The van der Waals surface area contributed by atoms with Crippen LogP contribution in [0.15, 0.2) is 72.3 Å². The van der Waals surface area contributed by atoms with Gasteiger partial charge < -0.3 is 50.7 Å². The van der Waals surface area contributed by atoms with E-state index in [1.165, 1.54) is 18.7 Å². The number of rotatable bonds is 21. The molecule has 1 saturated heterocycles. The zero-order valence-corrected chi connectivity index (χ0v) is 41.1. The standard InChI is InChI=1S/C49H61N4O15PS/c1-27(54)37(50-4)25-70-26-42(59)51-23-41(58)53-36(15-16-43(60)61)45(62)52-32-12-7-29(8-13-32)19-28-5-9-30(10-6-28)46-67-40-21-35-34-14-11-31-20-33(55)17-18-47(31,2)44(34)38(56)22-48(35,3)49(40,68-46)39(57)24-66-69(63,64)65/h5-10,12-13,17-18,20,34-38,40,44,46,50,56H,11,14-16,19,21-26H2,1-4H3,(H,51,59)(H,52,62)(H,53,58)(H,60,61)(H2,63,64,65)/t34-,35?,36-,37-,38-,40?,44?,46+,47-,48-,49?/m0/s1. The van der Waals surface area contributed by atoms with E-state index in [2.05, 4.69) is 21.3 Å². The molecule has 2 aromatic carbocycles. The summed E-state index contributed by atoms with van der Waals surface area (Å²) in [5.74, 6) is -3.91. The van der Waals surface area contributed by atoms with E-state index in [1.54, 1.807) is 43.5 Å². The zero-order valence-electron chi connectivity index (χ0n) is 39.4. The number of thioether (sulfide) groups is 1. The number of amides is 3. The number of aliphatic hydroxyl groups is 1. The van der Waals surface area contributed by atoms with Gasteiger partial charge in [-0.1, -0.05) is 61.9 Å². The molecule has 1 aliphatic heterocycles. The summed E-state index contributed by atoms with van der Waals surface area (Å²) >= 11 is 1.21. The number of aliphatic carboxylic acids is 1. The number of ether oxygens (including phenoxy) is 2. The van der Waals surface area contributed by atoms with Gasteiger partial charge in [-0.2, -0.15) is 0 Å². The molecule has 0 radical (unpaired) electrons. The molecule has 19 nitrogen and oxygen atoms in total. The first-order valence-corrected chi connectivity index (χ1v) is 26.0. The average Bonchev–Trinajstić information content (AvgIpc) is 3.81. The molecule has 0 aromatic heterocycles. The van der Waals surface area contributed by atoms with E-state index in [0.29, 0.717) is 42.7 Å². The number of nitrogens with one attached hydrogen (secondary N) is 4. The van der Waals surface area contributed by atoms with Crippen molar-refractivity contribution in [2.45, 2.75) is 102 Å². The van der Waals surface area contributed by atoms with Crippen molar-refractivity contribution in [1.82, 2.24) is 16.0 Å². The molecule has 7 rings (SSSR count). The van der Waals surface area contributed by atoms with Crippen LogP contribution in [0.2, 0.25) is 0 Å². The molecule has 70 heavy (non-hydrogen) atoms. The molecule has 5 aliphatic rings. The molecule has 3 saturated carbocycles. The zero-order chi connectivity index (χ0) is 50.8. The first-order chi connectivity index (χ1) is 33.1. The number of ketones is 3. The number of aliphatic hydroxyl groups excluding tert-OH is 1. The summed E-state index contributed by atoms with van der Waals surface area (Å²) < 4.78 is 30.0. The highest BCUT2D eigenvalue weighted by Gasteiger charge is 2.76. The minimum Gasteiger partial charge on any atom is -0.481 e. The second kappa shape index (κ2) is 21.4. The predicted molar refractivity (Wildman–Crippen MR) is 255 cm³/mol. The number of allylic oxidation sites excluding steroid dienone is 4. The van der Waals surface area contributed by atoms with Crippen LogP contribution in [0.5, 0.6) is 0 Å². The van der Waals surface area contributed by atoms with Crippen LogP contribution in [0.25, 0.3) is 0 Å². The Balaban J connectivity index is 0.978. The van der Waals surface area contributed by atoms with Crippen molar-refractivity contribution in [1.29, 1.82) is 0 Å². The van der Waals surface area contributed by atoms with E-state index in [9.17, 15) is 58.1 Å². The van der Waals surface area contributed by atoms with Crippen molar-refractivity contribution in [3.8, 4) is 0 Å². The molecule has 4 aliphatic carbocycles. The molecule has 3 amide bonds. The molecule has 0 spiro atoms. The minimum atomic E-state index is -5.04. The number of fused-ring (bicyclic) bond motifs is 7. The van der Waals surface area contributed by atoms with Crippen molar-refractivity contribution in [2.75, 3.05) is 37.0 Å². The molecule has 1 heterocycles. The number of phosphoric acid groups is 1. The first kappa shape index (κ1) is 52.9. The van der Waals surface area contributed by atoms with Crippen molar-refractivity contribution in [3.05, 3.63) is 89.0 Å². The van der Waals surface area contributed by atoms with Crippen LogP contribution in [-0.4, -0.2) is 123 Å². The maximum Gasteiger partial charge on any atom is 0.470 e. The van der Waals surface area contributed by atoms with Crippen LogP contribution in [0.4, 0.5) is 5.69 Å². The summed E-state index contributed by atoms with van der Waals surface area (Å²) in [7, 11) is -3.40. The number of carboxylic acids is 1. The van der Waals surface area contributed by atoms with E-state index in [1.807, 2.05) is 44.2 Å². The quantitative estimate of drug-likeness (QED) is 0.0833. The Morgan fingerprint density at radius 2 is 1.67 bits per heavy atom. The summed E-state index contributed by atoms with van der Waals surface area (Å²) in [6.45, 7) is 4.02. The molecular weight excluding hydrogens is 948 g/mol. The monoisotopic (exact) mass is 1010 g/mol. The van der Waals surface area contributed by atoms with Crippen LogP contribution in [0.3, 0.4) is 0 Å². The Bertz CT molecular complexity index is 2480. The van der Waals surface area contributed by atoms with Gasteiger partial charge in [-0.25, -0.2) is 4.57 Å². The van der Waals surface area contributed by atoms with Crippen molar-refractivity contribution >= 4 is 66.3 Å². The maximum atomic E-state index is 14.4. The minimum absolute atomic E-state index is 0.0000764. The van der Waals surface area contributed by atoms with E-state index in [4.69, 9.17) is 14.0 Å². The second-order valence-corrected chi connectivity index (χ2v) is 21.6. The van der Waals surface area contributed by atoms with Gasteiger partial charge in [-0.15, -0.1) is 11.8 Å². The number of Topliss-reactive ketones (excluding diaryl/α,β-unsaturated/α-hetero) is 2. The fourth-order valence-corrected chi connectivity index (χ4v) is 12.9. The Kier molecular flexibility index (Phi) is 16.2. The Morgan fingerprint density at radius 3 is 2.31 bits per heavy atom. The second-order valence-electron chi connectivity index (χ2n) is 19.3. The fraction of sp³-hybridized carbons (Fsp3) is 0.531. The van der Waals surface area contributed by atoms with Gasteiger partial charge >= 0.3 is 13.8 Å². The van der Waals surface area contributed by atoms with Crippen molar-refractivity contribution < 1.29 is 72.1 Å². The lowest BCUT2D eigenvalue weighted by molar-refractivity contribution is -0.200. The lowest BCUT2D eigenvalue weighted by atomic mass is 9.46. The number of benzene rings is 2. The summed E-state index contributed by atoms with van der Waals surface area (Å²) in [6.07, 6.45) is 4.09. The number of hydrogen-bond donors (Lipinski definition) is 8. The highest BCUT2D eigenvalue weighted by atomic mass is 32.2. The summed E-state index contributed by atoms with van der Waals surface area (Å²) in [6, 6.07) is 12.7. The molecule has 4 fully saturated rings. The number of phosphoric ester groups is 1. The molecule has 21 heteroatoms. The van der Waals surface area contributed by atoms with Gasteiger partial charge in [0.25, 0.3) is 0 Å². The smallest absolute Gasteiger partial charge is 0.470 e. The third-order valence-corrected chi connectivity index (χ3v) is 16.5. The Hall–Kier alpha value is -4.89. The van der Waals surface area contributed by atoms with Crippen LogP contribution in [-0.2, 0) is 58.5 Å². The maximum absolute atomic E-state index is 14.4. The highest BCUT2D eigenvalue weighted by Crippen LogP contribution is 2.70. The molecule has 8 N–H and O–H groups in total. The molecular formula is C49H61N4O15PS. The van der Waals surface area contributed by atoms with Gasteiger partial charge in [0.1, 0.15) is 18.4 Å². The average molecular weight is 1010 g/mol. The SMILES string of the molecule is CN[C@@H](CSCC(=O)NCC(=O)N[C@@H](CCC(=O)O)C(=O)Nc1ccc(Cc2ccc([C@@H]3OC4CC5[C@@H]6CCC7=CC(=O)C=C[C@]7(C)C6[C@@H](O)C[C@]5(C)C4(C(=O)COP(=O)(O)O)O3)cc2)cc1)C(C)=O. The normalized spacial score (nSPS) is 29.6. The fourth-order valence-electron chi connectivity index (χ4n) is 11.6. The molecule has 4 unspecified atom stereocenters. The molecule has 2 aromatic rings. The van der Waals surface area contributed by atoms with Gasteiger partial charge in [0.2, 0.25) is 17.7 Å². The van der Waals surface area contributed by atoms with Gasteiger partial charge in [0.05, 0.1) is 30.5 Å². The highest BCUT2D eigenvalue weighted by molar-refractivity contribution is 8.00. The van der Waals surface area contributed by atoms with E-state index >= 15 is 0 Å². The van der Waals surface area contributed by atoms with E-state index < -0.39 is 104 Å². The summed E-state index contributed by atoms with van der Waals surface area (Å²) in [5, 5.41) is 31.8. The Labute approximate surface area is 409 Å². The number of carbonyl (C=O) groups is 7. The van der Waals surface area contributed by atoms with Gasteiger partial charge in [-0.05, 0) is 99.7 Å². The molecule has 11 atom stereocenters. The first-order valence-electron chi connectivity index (χ1n) is 23.3. The van der Waals surface area contributed by atoms with Crippen LogP contribution < -0.4 is 21.3 Å². The predicted octanol–water partition coefficient (Wildman–Crippen LogP) is 3.31. The third-order valence-electron chi connectivity index (χ3n) is 15.0. The molecule has 378 valence electrons. The molecule has 0 bridgehead atoms. The lowest BCUT2D eigenvalue weighted by Crippen LogP contribution is -2.63. The summed E-state index contributed by atoms with van der Waals surface area (Å²) in [4.78, 5) is 107. The van der Waals surface area contributed by atoms with Crippen molar-refractivity contribution in [3.63, 3.8) is 0 Å². The van der Waals surface area contributed by atoms with Gasteiger partial charge in [0.15, 0.2) is 23.5 Å². The third kappa shape index (κ3) is 11.2. The van der Waals surface area contributed by atoms with E-state index in [0.717, 1.165) is 16.7 Å². The number of carbonyl (C=O) groups excluding carboxylic acids is 6. The number of likely N-dealkylation sites (N-methyl/N-ethyl adjacent to an activating group) is 1. The van der Waals surface area contributed by atoms with Crippen LogP contribution in [0, 0.1) is 28.6 Å². The van der Waals surface area contributed by atoms with E-state index in [-0.39, 0.29) is 47.9 Å². The number of anilines is 1. The van der Waals surface area contributed by atoms with Crippen molar-refractivity contribution in [2.24, 2.45) is 28.6 Å². The van der Waals surface area contributed by atoms with Crippen LogP contribution in [0.1, 0.15) is 82.3 Å². The lowest BCUT2D eigenvalue weighted by Gasteiger charge is -2.59. The van der Waals surface area contributed by atoms with Gasteiger partial charge in [-0.3, -0.25) is 38.1 Å². The summed E-state index contributed by atoms with van der Waals surface area (Å²) in [5.41, 5.74) is 0.456. The largest absolute Gasteiger partial charge is 0.481 e.